The Bertz CT molecular complexity index is 1210. The molecular weight excluding hydrogens is 584 g/mol. The van der Waals surface area contributed by atoms with Crippen molar-refractivity contribution in [1.82, 2.24) is 0 Å². The van der Waals surface area contributed by atoms with Crippen LogP contribution in [0.5, 0.6) is 23.0 Å². The number of benzene rings is 2. The average Bonchev–Trinajstić information content (AvgIpc) is 3.10. The van der Waals surface area contributed by atoms with Crippen LogP contribution < -0.4 is 18.9 Å². The van der Waals surface area contributed by atoms with E-state index in [2.05, 4.69) is 13.8 Å². The molecule has 0 aromatic heterocycles. The van der Waals surface area contributed by atoms with Gasteiger partial charge in [-0.25, -0.2) is 0 Å². The molecule has 2 aromatic carbocycles. The van der Waals surface area contributed by atoms with E-state index in [0.29, 0.717) is 60.5 Å². The van der Waals surface area contributed by atoms with Gasteiger partial charge in [-0.1, -0.05) is 26.7 Å². The van der Waals surface area contributed by atoms with Crippen molar-refractivity contribution in [1.29, 1.82) is 0 Å². The van der Waals surface area contributed by atoms with E-state index in [1.54, 1.807) is 48.5 Å². The smallest absolute Gasteiger partial charge is 0.314 e. The summed E-state index contributed by atoms with van der Waals surface area (Å²) in [6, 6.07) is 13.2. The van der Waals surface area contributed by atoms with Crippen LogP contribution in [-0.2, 0) is 19.2 Å². The Kier molecular flexibility index (Phi) is 11.9. The summed E-state index contributed by atoms with van der Waals surface area (Å²) in [5.74, 6) is 1.38. The highest BCUT2D eigenvalue weighted by molar-refractivity contribution is 5.78. The summed E-state index contributed by atoms with van der Waals surface area (Å²) in [6.07, 6.45) is 12.2. The molecule has 0 unspecified atom stereocenters. The van der Waals surface area contributed by atoms with Gasteiger partial charge in [-0.15, -0.1) is 0 Å². The third-order valence-electron chi connectivity index (χ3n) is 10.4. The largest absolute Gasteiger partial charge is 0.426 e. The normalized spacial score (nSPS) is 26.4. The van der Waals surface area contributed by atoms with Crippen molar-refractivity contribution < 1.29 is 38.1 Å². The zero-order chi connectivity index (χ0) is 32.5. The summed E-state index contributed by atoms with van der Waals surface area (Å²) >= 11 is 0. The fraction of sp³-hybridized carbons (Fsp3) is 0.579. The van der Waals surface area contributed by atoms with Gasteiger partial charge in [-0.05, 0) is 137 Å². The molecule has 5 rings (SSSR count). The van der Waals surface area contributed by atoms with Gasteiger partial charge in [-0.3, -0.25) is 19.2 Å². The third kappa shape index (κ3) is 9.20. The average molecular weight is 633 g/mol. The zero-order valence-electron chi connectivity index (χ0n) is 27.2. The van der Waals surface area contributed by atoms with Gasteiger partial charge in [0.05, 0.1) is 23.7 Å². The quantitative estimate of drug-likeness (QED) is 0.190. The van der Waals surface area contributed by atoms with Crippen LogP contribution in [0.2, 0.25) is 0 Å². The van der Waals surface area contributed by atoms with Crippen molar-refractivity contribution in [3.63, 3.8) is 0 Å². The highest BCUT2D eigenvalue weighted by atomic mass is 16.5. The summed E-state index contributed by atoms with van der Waals surface area (Å²) in [5.41, 5.74) is 0. The summed E-state index contributed by atoms with van der Waals surface area (Å²) in [6.45, 7) is 4.39. The van der Waals surface area contributed by atoms with Crippen LogP contribution in [0, 0.1) is 35.5 Å². The Hall–Kier alpha value is -3.68. The van der Waals surface area contributed by atoms with Crippen molar-refractivity contribution in [2.24, 2.45) is 35.5 Å². The Labute approximate surface area is 272 Å². The maximum Gasteiger partial charge on any atom is 0.314 e. The topological polar surface area (TPSA) is 105 Å². The summed E-state index contributed by atoms with van der Waals surface area (Å²) in [5, 5.41) is 0. The van der Waals surface area contributed by atoms with Gasteiger partial charge >= 0.3 is 23.9 Å². The second kappa shape index (κ2) is 16.2. The SMILES string of the molecule is CCC1CCC(C(=O)Oc2ccc(OC(=O)C3CCC(C(=O)Oc4ccc(OC(=O)C5CCC(CC)CC5)cc4)CC3)cc2)CC1. The van der Waals surface area contributed by atoms with E-state index in [1.165, 1.54) is 0 Å². The predicted octanol–water partition coefficient (Wildman–Crippen LogP) is 8.25. The number of hydrogen-bond donors (Lipinski definition) is 0. The molecule has 0 N–H and O–H groups in total. The van der Waals surface area contributed by atoms with Gasteiger partial charge in [0.2, 0.25) is 0 Å². The first kappa shape index (κ1) is 33.7. The van der Waals surface area contributed by atoms with E-state index in [0.717, 1.165) is 64.2 Å². The van der Waals surface area contributed by atoms with Crippen LogP contribution in [0.4, 0.5) is 0 Å². The maximum atomic E-state index is 12.8. The van der Waals surface area contributed by atoms with Gasteiger partial charge in [0.25, 0.3) is 0 Å². The van der Waals surface area contributed by atoms with Gasteiger partial charge < -0.3 is 18.9 Å². The minimum absolute atomic E-state index is 0.0514. The van der Waals surface area contributed by atoms with Crippen molar-refractivity contribution >= 4 is 23.9 Å². The Balaban J connectivity index is 1.01. The third-order valence-corrected chi connectivity index (χ3v) is 10.4. The van der Waals surface area contributed by atoms with Gasteiger partial charge in [-0.2, -0.15) is 0 Å². The van der Waals surface area contributed by atoms with Crippen molar-refractivity contribution in [2.45, 2.75) is 104 Å². The Morgan fingerprint density at radius 3 is 0.804 bits per heavy atom. The molecule has 3 saturated carbocycles. The number of carbonyl (C=O) groups is 4. The fourth-order valence-electron chi connectivity index (χ4n) is 7.13. The second-order valence-corrected chi connectivity index (χ2v) is 13.4. The fourth-order valence-corrected chi connectivity index (χ4v) is 7.13. The predicted molar refractivity (Wildman–Crippen MR) is 172 cm³/mol. The van der Waals surface area contributed by atoms with E-state index in [4.69, 9.17) is 18.9 Å². The van der Waals surface area contributed by atoms with Crippen molar-refractivity contribution in [3.8, 4) is 23.0 Å². The molecule has 3 aliphatic carbocycles. The van der Waals surface area contributed by atoms with Crippen molar-refractivity contribution in [2.75, 3.05) is 0 Å². The lowest BCUT2D eigenvalue weighted by Gasteiger charge is -2.26. The second-order valence-electron chi connectivity index (χ2n) is 13.4. The molecule has 8 nitrogen and oxygen atoms in total. The first-order chi connectivity index (χ1) is 22.3. The number of esters is 4. The molecule has 0 atom stereocenters. The molecule has 0 heterocycles. The lowest BCUT2D eigenvalue weighted by Crippen LogP contribution is -2.30. The molecule has 0 saturated heterocycles. The Morgan fingerprint density at radius 1 is 0.413 bits per heavy atom. The molecular formula is C38H48O8. The standard InChI is InChI=1S/C38H48O8/c1-3-25-5-9-27(10-6-25)35(39)43-31-17-21-33(22-18-31)45-37(41)29-13-15-30(16-14-29)38(42)46-34-23-19-32(20-24-34)44-36(40)28-11-7-26(4-2)8-12-28/h17-30H,3-16H2,1-2H3. The molecule has 0 spiro atoms. The number of hydrogen-bond acceptors (Lipinski definition) is 8. The maximum absolute atomic E-state index is 12.8. The van der Waals surface area contributed by atoms with E-state index >= 15 is 0 Å². The Morgan fingerprint density at radius 2 is 0.609 bits per heavy atom. The molecule has 248 valence electrons. The molecule has 8 heteroatoms. The number of carbonyl (C=O) groups excluding carboxylic acids is 4. The summed E-state index contributed by atoms with van der Waals surface area (Å²) in [7, 11) is 0. The highest BCUT2D eigenvalue weighted by Gasteiger charge is 2.33. The molecule has 3 fully saturated rings. The van der Waals surface area contributed by atoms with E-state index in [1.807, 2.05) is 0 Å². The van der Waals surface area contributed by atoms with Crippen LogP contribution >= 0.6 is 0 Å². The molecule has 0 radical (unpaired) electrons. The lowest BCUT2D eigenvalue weighted by molar-refractivity contribution is -0.145. The van der Waals surface area contributed by atoms with Crippen LogP contribution in [0.15, 0.2) is 48.5 Å². The van der Waals surface area contributed by atoms with Gasteiger partial charge in [0.15, 0.2) is 0 Å². The van der Waals surface area contributed by atoms with E-state index < -0.39 is 0 Å². The van der Waals surface area contributed by atoms with Gasteiger partial charge in [0.1, 0.15) is 23.0 Å². The minimum Gasteiger partial charge on any atom is -0.426 e. The van der Waals surface area contributed by atoms with Crippen LogP contribution in [0.25, 0.3) is 0 Å². The molecule has 46 heavy (non-hydrogen) atoms. The monoisotopic (exact) mass is 632 g/mol. The van der Waals surface area contributed by atoms with E-state index in [-0.39, 0.29) is 47.5 Å². The molecule has 3 aliphatic rings. The zero-order valence-corrected chi connectivity index (χ0v) is 27.2. The van der Waals surface area contributed by atoms with E-state index in [9.17, 15) is 19.2 Å². The highest BCUT2D eigenvalue weighted by Crippen LogP contribution is 2.34. The first-order valence-electron chi connectivity index (χ1n) is 17.4. The van der Waals surface area contributed by atoms with Crippen LogP contribution in [0.1, 0.15) is 104 Å². The van der Waals surface area contributed by atoms with Crippen LogP contribution in [-0.4, -0.2) is 23.9 Å². The number of ether oxygens (including phenoxy) is 4. The minimum atomic E-state index is -0.326. The van der Waals surface area contributed by atoms with Crippen LogP contribution in [0.3, 0.4) is 0 Å². The molecule has 2 aromatic rings. The summed E-state index contributed by atoms with van der Waals surface area (Å²) < 4.78 is 22.4. The molecule has 0 bridgehead atoms. The van der Waals surface area contributed by atoms with Gasteiger partial charge in [0, 0.05) is 0 Å². The van der Waals surface area contributed by atoms with Crippen molar-refractivity contribution in [3.05, 3.63) is 48.5 Å². The number of rotatable bonds is 10. The molecule has 0 amide bonds. The molecule has 0 aliphatic heterocycles. The summed E-state index contributed by atoms with van der Waals surface area (Å²) in [4.78, 5) is 50.8. The lowest BCUT2D eigenvalue weighted by atomic mass is 9.81. The first-order valence-corrected chi connectivity index (χ1v) is 17.4.